The average molecular weight is 248 g/mol. The van der Waals surface area contributed by atoms with Crippen molar-refractivity contribution in [2.75, 3.05) is 26.4 Å². The molecule has 0 saturated carbocycles. The third-order valence-electron chi connectivity index (χ3n) is 1.61. The summed E-state index contributed by atoms with van der Waals surface area (Å²) in [5.74, 6) is 1.34. The molecule has 0 saturated heterocycles. The van der Waals surface area contributed by atoms with E-state index in [4.69, 9.17) is 14.6 Å². The molecule has 0 aliphatic heterocycles. The van der Waals surface area contributed by atoms with E-state index in [0.717, 1.165) is 26.2 Å². The highest BCUT2D eigenvalue weighted by molar-refractivity contribution is 4.42. The van der Waals surface area contributed by atoms with Gasteiger partial charge in [0.1, 0.15) is 0 Å². The van der Waals surface area contributed by atoms with Crippen LogP contribution in [0.15, 0.2) is 0 Å². The molecule has 0 radical (unpaired) electrons. The zero-order valence-corrected chi connectivity index (χ0v) is 12.5. The van der Waals surface area contributed by atoms with Crippen molar-refractivity contribution in [1.29, 1.82) is 0 Å². The summed E-state index contributed by atoms with van der Waals surface area (Å²) in [4.78, 5) is 0. The summed E-state index contributed by atoms with van der Waals surface area (Å²) >= 11 is 0. The van der Waals surface area contributed by atoms with Crippen molar-refractivity contribution in [3.8, 4) is 0 Å². The molecule has 106 valence electrons. The van der Waals surface area contributed by atoms with Crippen LogP contribution in [0, 0.1) is 11.8 Å². The predicted octanol–water partition coefficient (Wildman–Crippen LogP) is 3.11. The molecule has 1 unspecified atom stereocenters. The molecular formula is C14H32O3. The zero-order chi connectivity index (χ0) is 13.7. The topological polar surface area (TPSA) is 38.7 Å². The first-order valence-corrected chi connectivity index (χ1v) is 6.73. The fourth-order valence-electron chi connectivity index (χ4n) is 0.938. The maximum atomic E-state index is 8.65. The average Bonchev–Trinajstić information content (AvgIpc) is 2.17. The molecule has 0 aromatic rings. The molecule has 3 nitrogen and oxygen atoms in total. The molecule has 0 aliphatic carbocycles. The molecule has 1 atom stereocenters. The van der Waals surface area contributed by atoms with Crippen molar-refractivity contribution in [3.63, 3.8) is 0 Å². The second kappa shape index (κ2) is 13.9. The molecule has 0 fully saturated rings. The fraction of sp³-hybridized carbons (Fsp3) is 1.00. The molecule has 0 spiro atoms. The Morgan fingerprint density at radius 1 is 0.824 bits per heavy atom. The summed E-state index contributed by atoms with van der Waals surface area (Å²) in [6.45, 7) is 15.5. The van der Waals surface area contributed by atoms with E-state index < -0.39 is 0 Å². The molecule has 0 bridgehead atoms. The predicted molar refractivity (Wildman–Crippen MR) is 73.3 cm³/mol. The number of ether oxygens (including phenoxy) is 2. The number of aliphatic hydroxyl groups excluding tert-OH is 1. The van der Waals surface area contributed by atoms with Crippen LogP contribution in [-0.4, -0.2) is 37.6 Å². The third-order valence-corrected chi connectivity index (χ3v) is 1.61. The first-order valence-electron chi connectivity index (χ1n) is 6.73. The lowest BCUT2D eigenvalue weighted by Gasteiger charge is -2.07. The van der Waals surface area contributed by atoms with Gasteiger partial charge in [0.05, 0.1) is 12.7 Å². The lowest BCUT2D eigenvalue weighted by molar-refractivity contribution is 0.0466. The Morgan fingerprint density at radius 2 is 1.29 bits per heavy atom. The first kappa shape index (κ1) is 19.2. The van der Waals surface area contributed by atoms with E-state index in [1.165, 1.54) is 0 Å². The van der Waals surface area contributed by atoms with Crippen LogP contribution in [0.5, 0.6) is 0 Å². The van der Waals surface area contributed by atoms with Gasteiger partial charge in [0, 0.05) is 19.8 Å². The summed E-state index contributed by atoms with van der Waals surface area (Å²) in [5, 5.41) is 8.65. The van der Waals surface area contributed by atoms with Gasteiger partial charge in [0.2, 0.25) is 0 Å². The highest BCUT2D eigenvalue weighted by atomic mass is 16.5. The minimum Gasteiger partial charge on any atom is -0.391 e. The summed E-state index contributed by atoms with van der Waals surface area (Å²) in [6.07, 6.45) is 0.703. The van der Waals surface area contributed by atoms with Crippen LogP contribution in [0.3, 0.4) is 0 Å². The van der Waals surface area contributed by atoms with Crippen molar-refractivity contribution in [2.24, 2.45) is 11.8 Å². The second-order valence-electron chi connectivity index (χ2n) is 5.25. The van der Waals surface area contributed by atoms with Crippen molar-refractivity contribution in [1.82, 2.24) is 0 Å². The monoisotopic (exact) mass is 248 g/mol. The van der Waals surface area contributed by atoms with Crippen LogP contribution in [0.2, 0.25) is 0 Å². The van der Waals surface area contributed by atoms with Gasteiger partial charge in [0.25, 0.3) is 0 Å². The smallest absolute Gasteiger partial charge is 0.0745 e. The molecule has 0 rings (SSSR count). The first-order chi connectivity index (χ1) is 7.90. The Morgan fingerprint density at radius 3 is 1.59 bits per heavy atom. The molecule has 0 aliphatic rings. The van der Waals surface area contributed by atoms with Gasteiger partial charge in [0.15, 0.2) is 0 Å². The van der Waals surface area contributed by atoms with Gasteiger partial charge in [-0.3, -0.25) is 0 Å². The van der Waals surface area contributed by atoms with Gasteiger partial charge in [-0.15, -0.1) is 0 Å². The van der Waals surface area contributed by atoms with Crippen LogP contribution < -0.4 is 0 Å². The summed E-state index contributed by atoms with van der Waals surface area (Å²) in [7, 11) is 0. The van der Waals surface area contributed by atoms with Gasteiger partial charge in [-0.1, -0.05) is 34.6 Å². The van der Waals surface area contributed by atoms with Crippen LogP contribution in [-0.2, 0) is 9.47 Å². The molecule has 1 N–H and O–H groups in total. The standard InChI is InChI=1S/C8H18O.C6H14O2/c1-7(2)5-9-6-8(3)4;1-3-4-8-5-6(2)7/h7-8H,5-6H2,1-4H3;6-7H,3-5H2,1-2H3. The number of hydrogen-bond donors (Lipinski definition) is 1. The van der Waals surface area contributed by atoms with E-state index in [1.807, 2.05) is 6.92 Å². The Labute approximate surface area is 108 Å². The lowest BCUT2D eigenvalue weighted by atomic mass is 10.2. The Bertz CT molecular complexity index is 125. The van der Waals surface area contributed by atoms with E-state index in [9.17, 15) is 0 Å². The van der Waals surface area contributed by atoms with Crippen molar-refractivity contribution >= 4 is 0 Å². The minimum atomic E-state index is -0.318. The molecule has 3 heteroatoms. The number of hydrogen-bond acceptors (Lipinski definition) is 3. The van der Waals surface area contributed by atoms with E-state index >= 15 is 0 Å². The van der Waals surface area contributed by atoms with E-state index in [1.54, 1.807) is 6.92 Å². The number of rotatable bonds is 8. The van der Waals surface area contributed by atoms with Crippen LogP contribution in [0.25, 0.3) is 0 Å². The highest BCUT2D eigenvalue weighted by Gasteiger charge is 1.95. The molecule has 0 heterocycles. The van der Waals surface area contributed by atoms with E-state index in [-0.39, 0.29) is 6.10 Å². The fourth-order valence-corrected chi connectivity index (χ4v) is 0.938. The third kappa shape index (κ3) is 25.8. The SMILES string of the molecule is CC(C)COCC(C)C.CCCOCC(C)O. The normalized spacial score (nSPS) is 12.5. The quantitative estimate of drug-likeness (QED) is 0.671. The van der Waals surface area contributed by atoms with Gasteiger partial charge in [-0.25, -0.2) is 0 Å². The summed E-state index contributed by atoms with van der Waals surface area (Å²) in [6, 6.07) is 0. The van der Waals surface area contributed by atoms with E-state index in [0.29, 0.717) is 18.4 Å². The summed E-state index contributed by atoms with van der Waals surface area (Å²) in [5.41, 5.74) is 0. The molecular weight excluding hydrogens is 216 g/mol. The van der Waals surface area contributed by atoms with Crippen molar-refractivity contribution in [3.05, 3.63) is 0 Å². The van der Waals surface area contributed by atoms with Crippen LogP contribution in [0.1, 0.15) is 48.0 Å². The minimum absolute atomic E-state index is 0.318. The van der Waals surface area contributed by atoms with E-state index in [2.05, 4.69) is 27.7 Å². The molecule has 17 heavy (non-hydrogen) atoms. The van der Waals surface area contributed by atoms with Gasteiger partial charge >= 0.3 is 0 Å². The Kier molecular flexibility index (Phi) is 15.8. The van der Waals surface area contributed by atoms with Crippen LogP contribution >= 0.6 is 0 Å². The largest absolute Gasteiger partial charge is 0.391 e. The maximum absolute atomic E-state index is 8.65. The second-order valence-corrected chi connectivity index (χ2v) is 5.25. The number of aliphatic hydroxyl groups is 1. The Balaban J connectivity index is 0. The van der Waals surface area contributed by atoms with Gasteiger partial charge in [-0.2, -0.15) is 0 Å². The van der Waals surface area contributed by atoms with Gasteiger partial charge < -0.3 is 14.6 Å². The summed E-state index contributed by atoms with van der Waals surface area (Å²) < 4.78 is 10.4. The Hall–Kier alpha value is -0.120. The van der Waals surface area contributed by atoms with Crippen molar-refractivity contribution < 1.29 is 14.6 Å². The zero-order valence-electron chi connectivity index (χ0n) is 12.5. The molecule has 0 aromatic heterocycles. The molecule has 0 aromatic carbocycles. The van der Waals surface area contributed by atoms with Crippen molar-refractivity contribution in [2.45, 2.75) is 54.1 Å². The highest BCUT2D eigenvalue weighted by Crippen LogP contribution is 1.96. The molecule has 0 amide bonds. The van der Waals surface area contributed by atoms with Gasteiger partial charge in [-0.05, 0) is 25.2 Å². The van der Waals surface area contributed by atoms with Crippen LogP contribution in [0.4, 0.5) is 0 Å². The maximum Gasteiger partial charge on any atom is 0.0745 e. The lowest BCUT2D eigenvalue weighted by Crippen LogP contribution is -2.10.